The smallest absolute Gasteiger partial charge is 0.326 e. The van der Waals surface area contributed by atoms with E-state index in [-0.39, 0.29) is 22.6 Å². The van der Waals surface area contributed by atoms with E-state index in [1.807, 2.05) is 30.3 Å². The molecule has 2 heterocycles. The van der Waals surface area contributed by atoms with Gasteiger partial charge in [0.15, 0.2) is 0 Å². The summed E-state index contributed by atoms with van der Waals surface area (Å²) in [5.41, 5.74) is 13.3. The Hall–Kier alpha value is -3.82. The molecule has 0 bridgehead atoms. The van der Waals surface area contributed by atoms with Gasteiger partial charge in [0, 0.05) is 31.0 Å². The molecule has 4 N–H and O–H groups in total. The maximum atomic E-state index is 13.6. The SMILES string of the molecule is Cn1c(C(N)[C@@H](N)Cc2ccccc2)nc(-c2ccncc2)c(-c2cccc(C(F)(F)F)c2)c1=O. The van der Waals surface area contributed by atoms with Gasteiger partial charge in [-0.3, -0.25) is 14.3 Å². The predicted octanol–water partition coefficient (Wildman–Crippen LogP) is 4.10. The zero-order valence-corrected chi connectivity index (χ0v) is 18.9. The number of hydrogen-bond acceptors (Lipinski definition) is 5. The van der Waals surface area contributed by atoms with Gasteiger partial charge < -0.3 is 11.5 Å². The molecule has 0 spiro atoms. The van der Waals surface area contributed by atoms with E-state index in [0.717, 1.165) is 17.7 Å². The molecule has 0 aliphatic carbocycles. The van der Waals surface area contributed by atoms with Crippen molar-refractivity contribution in [2.24, 2.45) is 18.5 Å². The fourth-order valence-corrected chi connectivity index (χ4v) is 3.95. The predicted molar refractivity (Wildman–Crippen MR) is 128 cm³/mol. The van der Waals surface area contributed by atoms with Gasteiger partial charge in [-0.25, -0.2) is 4.98 Å². The summed E-state index contributed by atoms with van der Waals surface area (Å²) < 4.78 is 41.4. The minimum Gasteiger partial charge on any atom is -0.326 e. The van der Waals surface area contributed by atoms with Gasteiger partial charge >= 0.3 is 6.18 Å². The highest BCUT2D eigenvalue weighted by Gasteiger charge is 2.31. The molecule has 9 heteroatoms. The number of hydrogen-bond donors (Lipinski definition) is 2. The van der Waals surface area contributed by atoms with Crippen LogP contribution < -0.4 is 17.0 Å². The molecule has 0 amide bonds. The maximum absolute atomic E-state index is 13.6. The lowest BCUT2D eigenvalue weighted by Gasteiger charge is -2.23. The van der Waals surface area contributed by atoms with Gasteiger partial charge in [0.2, 0.25) is 0 Å². The zero-order chi connectivity index (χ0) is 25.2. The number of nitrogens with two attached hydrogens (primary N) is 2. The highest BCUT2D eigenvalue weighted by molar-refractivity contribution is 5.80. The van der Waals surface area contributed by atoms with Crippen molar-refractivity contribution in [2.75, 3.05) is 0 Å². The molecule has 1 unspecified atom stereocenters. The number of benzene rings is 2. The average molecular weight is 480 g/mol. The fourth-order valence-electron chi connectivity index (χ4n) is 3.95. The molecule has 35 heavy (non-hydrogen) atoms. The van der Waals surface area contributed by atoms with Crippen molar-refractivity contribution in [1.82, 2.24) is 14.5 Å². The van der Waals surface area contributed by atoms with Gasteiger partial charge in [-0.05, 0) is 41.8 Å². The molecule has 2 atom stereocenters. The van der Waals surface area contributed by atoms with E-state index in [1.54, 1.807) is 12.1 Å². The molecule has 0 aliphatic rings. The van der Waals surface area contributed by atoms with E-state index >= 15 is 0 Å². The highest BCUT2D eigenvalue weighted by Crippen LogP contribution is 2.34. The largest absolute Gasteiger partial charge is 0.416 e. The summed E-state index contributed by atoms with van der Waals surface area (Å²) in [6.45, 7) is 0. The molecule has 4 rings (SSSR count). The molecule has 2 aromatic carbocycles. The molecule has 0 radical (unpaired) electrons. The summed E-state index contributed by atoms with van der Waals surface area (Å²) in [4.78, 5) is 22.2. The van der Waals surface area contributed by atoms with Crippen LogP contribution in [0.1, 0.15) is 23.0 Å². The first-order valence-corrected chi connectivity index (χ1v) is 10.9. The van der Waals surface area contributed by atoms with Crippen molar-refractivity contribution >= 4 is 0 Å². The van der Waals surface area contributed by atoms with Crippen molar-refractivity contribution in [3.05, 3.63) is 106 Å². The highest BCUT2D eigenvalue weighted by atomic mass is 19.4. The summed E-state index contributed by atoms with van der Waals surface area (Å²) in [6.07, 6.45) is -1.06. The number of pyridine rings is 1. The number of aromatic nitrogens is 3. The molecule has 2 aromatic heterocycles. The van der Waals surface area contributed by atoms with Gasteiger partial charge in [0.05, 0.1) is 22.9 Å². The standard InChI is InChI=1S/C26H24F3N5O/c1-34-24(22(31)20(30)14-16-6-3-2-4-7-16)33-23(17-10-12-32-13-11-17)21(25(34)35)18-8-5-9-19(15-18)26(27,28)29/h2-13,15,20,22H,14,30-31H2,1H3/t20-,22?/m0/s1. The van der Waals surface area contributed by atoms with Crippen LogP contribution in [-0.2, 0) is 19.6 Å². The first-order chi connectivity index (χ1) is 16.7. The molecule has 0 saturated heterocycles. The quantitative estimate of drug-likeness (QED) is 0.434. The number of halogens is 3. The molecule has 0 aliphatic heterocycles. The summed E-state index contributed by atoms with van der Waals surface area (Å²) in [6, 6.07) is 16.1. The van der Waals surface area contributed by atoms with Gasteiger partial charge in [-0.2, -0.15) is 13.2 Å². The molecular formula is C26H24F3N5O. The normalized spacial score (nSPS) is 13.4. The van der Waals surface area contributed by atoms with Gasteiger partial charge in [-0.15, -0.1) is 0 Å². The van der Waals surface area contributed by atoms with Crippen molar-refractivity contribution in [2.45, 2.75) is 24.7 Å². The van der Waals surface area contributed by atoms with E-state index < -0.39 is 29.4 Å². The number of rotatable bonds is 6. The zero-order valence-electron chi connectivity index (χ0n) is 18.9. The Bertz CT molecular complexity index is 1370. The first kappa shape index (κ1) is 24.3. The van der Waals surface area contributed by atoms with Crippen molar-refractivity contribution in [1.29, 1.82) is 0 Å². The first-order valence-electron chi connectivity index (χ1n) is 10.9. The third-order valence-electron chi connectivity index (χ3n) is 5.83. The second-order valence-corrected chi connectivity index (χ2v) is 8.25. The van der Waals surface area contributed by atoms with Crippen LogP contribution in [0.4, 0.5) is 13.2 Å². The Labute approximate surface area is 200 Å². The Balaban J connectivity index is 1.86. The third-order valence-corrected chi connectivity index (χ3v) is 5.83. The van der Waals surface area contributed by atoms with Crippen LogP contribution in [0.3, 0.4) is 0 Å². The molecule has 0 fully saturated rings. The maximum Gasteiger partial charge on any atom is 0.416 e. The molecular weight excluding hydrogens is 455 g/mol. The second-order valence-electron chi connectivity index (χ2n) is 8.25. The summed E-state index contributed by atoms with van der Waals surface area (Å²) in [5.74, 6) is 0.237. The van der Waals surface area contributed by atoms with E-state index in [1.165, 1.54) is 36.1 Å². The van der Waals surface area contributed by atoms with Crippen LogP contribution in [0.15, 0.2) is 83.9 Å². The van der Waals surface area contributed by atoms with Crippen molar-refractivity contribution in [3.8, 4) is 22.4 Å². The average Bonchev–Trinajstić information content (AvgIpc) is 2.85. The minimum atomic E-state index is -4.56. The van der Waals surface area contributed by atoms with Crippen LogP contribution in [0.2, 0.25) is 0 Å². The summed E-state index contributed by atoms with van der Waals surface area (Å²) in [7, 11) is 1.49. The van der Waals surface area contributed by atoms with Crippen LogP contribution in [-0.4, -0.2) is 20.6 Å². The van der Waals surface area contributed by atoms with Crippen molar-refractivity contribution < 1.29 is 13.2 Å². The van der Waals surface area contributed by atoms with Crippen LogP contribution in [0.25, 0.3) is 22.4 Å². The molecule has 0 saturated carbocycles. The Morgan fingerprint density at radius 1 is 0.943 bits per heavy atom. The number of alkyl halides is 3. The molecule has 6 nitrogen and oxygen atoms in total. The van der Waals surface area contributed by atoms with Gasteiger partial charge in [0.1, 0.15) is 5.82 Å². The topological polar surface area (TPSA) is 99.8 Å². The van der Waals surface area contributed by atoms with Crippen molar-refractivity contribution in [3.63, 3.8) is 0 Å². The molecule has 4 aromatic rings. The van der Waals surface area contributed by atoms with E-state index in [2.05, 4.69) is 9.97 Å². The fraction of sp³-hybridized carbons (Fsp3) is 0.192. The lowest BCUT2D eigenvalue weighted by molar-refractivity contribution is -0.137. The van der Waals surface area contributed by atoms with Gasteiger partial charge in [-0.1, -0.05) is 42.5 Å². The minimum absolute atomic E-state index is 0.0392. The summed E-state index contributed by atoms with van der Waals surface area (Å²) in [5, 5.41) is 0. The van der Waals surface area contributed by atoms with E-state index in [4.69, 9.17) is 11.5 Å². The lowest BCUT2D eigenvalue weighted by atomic mass is 9.97. The second kappa shape index (κ2) is 9.81. The van der Waals surface area contributed by atoms with E-state index in [0.29, 0.717) is 12.0 Å². The Morgan fingerprint density at radius 3 is 2.29 bits per heavy atom. The van der Waals surface area contributed by atoms with Crippen LogP contribution in [0.5, 0.6) is 0 Å². The lowest BCUT2D eigenvalue weighted by Crippen LogP contribution is -2.40. The van der Waals surface area contributed by atoms with Crippen LogP contribution >= 0.6 is 0 Å². The summed E-state index contributed by atoms with van der Waals surface area (Å²) >= 11 is 0. The Kier molecular flexibility index (Phi) is 6.81. The third kappa shape index (κ3) is 5.16. The van der Waals surface area contributed by atoms with Gasteiger partial charge in [0.25, 0.3) is 5.56 Å². The Morgan fingerprint density at radius 2 is 1.63 bits per heavy atom. The molecule has 180 valence electrons. The van der Waals surface area contributed by atoms with E-state index in [9.17, 15) is 18.0 Å². The monoisotopic (exact) mass is 479 g/mol. The van der Waals surface area contributed by atoms with Crippen LogP contribution in [0, 0.1) is 0 Å². The number of nitrogens with zero attached hydrogens (tertiary/aromatic N) is 3.